The molecule has 0 unspecified atom stereocenters. The number of nitrogens with zero attached hydrogens (tertiary/aromatic N) is 3. The van der Waals surface area contributed by atoms with E-state index in [-0.39, 0.29) is 29.7 Å². The van der Waals surface area contributed by atoms with Crippen LogP contribution in [0.2, 0.25) is 0 Å². The van der Waals surface area contributed by atoms with Crippen molar-refractivity contribution < 1.29 is 5.11 Å². The number of anilines is 1. The molecule has 0 bridgehead atoms. The molecule has 1 aliphatic carbocycles. The monoisotopic (exact) mass is 224 g/mol. The van der Waals surface area contributed by atoms with Crippen molar-refractivity contribution in [3.8, 4) is 0 Å². The van der Waals surface area contributed by atoms with Crippen LogP contribution < -0.4 is 11.4 Å². The van der Waals surface area contributed by atoms with Gasteiger partial charge in [-0.15, -0.1) is 0 Å². The van der Waals surface area contributed by atoms with Gasteiger partial charge in [0, 0.05) is 6.04 Å². The van der Waals surface area contributed by atoms with E-state index in [1.165, 1.54) is 10.9 Å². The van der Waals surface area contributed by atoms with Gasteiger partial charge in [-0.3, -0.25) is 4.57 Å². The quantitative estimate of drug-likeness (QED) is 0.734. The molecule has 1 saturated carbocycles. The summed E-state index contributed by atoms with van der Waals surface area (Å²) in [5, 5.41) is 9.79. The van der Waals surface area contributed by atoms with Crippen LogP contribution in [0.4, 0.5) is 5.95 Å². The molecule has 0 amide bonds. The van der Waals surface area contributed by atoms with Gasteiger partial charge in [-0.25, -0.2) is 9.78 Å². The van der Waals surface area contributed by atoms with Crippen molar-refractivity contribution in [3.63, 3.8) is 0 Å². The van der Waals surface area contributed by atoms with Crippen molar-refractivity contribution in [2.75, 3.05) is 5.73 Å². The third-order valence-corrected chi connectivity index (χ3v) is 3.30. The maximum absolute atomic E-state index is 11.6. The van der Waals surface area contributed by atoms with E-state index in [1.54, 1.807) is 0 Å². The van der Waals surface area contributed by atoms with Gasteiger partial charge >= 0.3 is 5.69 Å². The Kier molecular flexibility index (Phi) is 2.91. The molecule has 2 rings (SSSR count). The van der Waals surface area contributed by atoms with E-state index >= 15 is 0 Å². The highest BCUT2D eigenvalue weighted by Gasteiger charge is 2.33. The fourth-order valence-corrected chi connectivity index (χ4v) is 2.35. The summed E-state index contributed by atoms with van der Waals surface area (Å²) >= 11 is 0. The number of aliphatic hydroxyl groups is 1. The molecule has 1 aromatic heterocycles. The average molecular weight is 224 g/mol. The first-order valence-electron chi connectivity index (χ1n) is 5.50. The molecule has 0 radical (unpaired) electrons. The van der Waals surface area contributed by atoms with Crippen LogP contribution >= 0.6 is 0 Å². The van der Waals surface area contributed by atoms with Gasteiger partial charge < -0.3 is 10.8 Å². The first kappa shape index (κ1) is 11.1. The lowest BCUT2D eigenvalue weighted by molar-refractivity contribution is 0.129. The predicted molar refractivity (Wildman–Crippen MR) is 58.8 cm³/mol. The summed E-state index contributed by atoms with van der Waals surface area (Å²) in [5.74, 6) is 0.251. The molecule has 1 aromatic rings. The third kappa shape index (κ3) is 1.92. The van der Waals surface area contributed by atoms with Crippen molar-refractivity contribution in [3.05, 3.63) is 16.8 Å². The van der Waals surface area contributed by atoms with Crippen LogP contribution in [-0.4, -0.2) is 25.7 Å². The Morgan fingerprint density at radius 1 is 1.62 bits per heavy atom. The molecule has 0 spiro atoms. The zero-order chi connectivity index (χ0) is 11.7. The molecule has 0 aliphatic heterocycles. The summed E-state index contributed by atoms with van der Waals surface area (Å²) in [4.78, 5) is 19.0. The van der Waals surface area contributed by atoms with Crippen LogP contribution in [0.1, 0.15) is 32.2 Å². The van der Waals surface area contributed by atoms with Crippen molar-refractivity contribution in [1.29, 1.82) is 0 Å². The maximum atomic E-state index is 11.6. The van der Waals surface area contributed by atoms with Gasteiger partial charge in [0.2, 0.25) is 5.95 Å². The highest BCUT2D eigenvalue weighted by atomic mass is 16.3. The molecular formula is C10H16N4O2. The Balaban J connectivity index is 2.23. The van der Waals surface area contributed by atoms with E-state index in [1.807, 2.05) is 6.92 Å². The van der Waals surface area contributed by atoms with E-state index in [9.17, 15) is 9.90 Å². The summed E-state index contributed by atoms with van der Waals surface area (Å²) < 4.78 is 1.47. The second kappa shape index (κ2) is 4.21. The topological polar surface area (TPSA) is 94.0 Å². The second-order valence-electron chi connectivity index (χ2n) is 4.27. The highest BCUT2D eigenvalue weighted by Crippen LogP contribution is 2.35. The molecular weight excluding hydrogens is 208 g/mol. The average Bonchev–Trinajstić information content (AvgIpc) is 2.59. The Hall–Kier alpha value is -1.43. The van der Waals surface area contributed by atoms with Gasteiger partial charge in [0.05, 0.1) is 6.10 Å². The number of aliphatic hydroxyl groups excluding tert-OH is 1. The van der Waals surface area contributed by atoms with Gasteiger partial charge in [-0.05, 0) is 18.8 Å². The lowest BCUT2D eigenvalue weighted by atomic mass is 10.0. The minimum atomic E-state index is -0.388. The zero-order valence-corrected chi connectivity index (χ0v) is 9.21. The van der Waals surface area contributed by atoms with Crippen molar-refractivity contribution >= 4 is 5.95 Å². The highest BCUT2D eigenvalue weighted by molar-refractivity contribution is 5.10. The van der Waals surface area contributed by atoms with Gasteiger partial charge in [0.15, 0.2) is 0 Å². The number of aromatic nitrogens is 3. The third-order valence-electron chi connectivity index (χ3n) is 3.30. The smallest absolute Gasteiger partial charge is 0.352 e. The molecule has 6 heteroatoms. The Labute approximate surface area is 93.1 Å². The molecule has 1 aliphatic rings. The number of nitrogens with two attached hydrogens (primary N) is 1. The van der Waals surface area contributed by atoms with Gasteiger partial charge in [0.1, 0.15) is 6.33 Å². The van der Waals surface area contributed by atoms with Crippen LogP contribution in [0.3, 0.4) is 0 Å². The Morgan fingerprint density at radius 3 is 2.94 bits per heavy atom. The predicted octanol–water partition coefficient (Wildman–Crippen LogP) is -0.0575. The van der Waals surface area contributed by atoms with E-state index in [0.29, 0.717) is 6.42 Å². The number of hydrogen-bond acceptors (Lipinski definition) is 5. The van der Waals surface area contributed by atoms with E-state index in [4.69, 9.17) is 5.73 Å². The Bertz CT molecular complexity index is 431. The maximum Gasteiger partial charge on any atom is 0.352 e. The van der Waals surface area contributed by atoms with E-state index in [2.05, 4.69) is 9.97 Å². The largest absolute Gasteiger partial charge is 0.393 e. The first-order valence-corrected chi connectivity index (χ1v) is 5.50. The number of nitrogen functional groups attached to an aromatic ring is 1. The van der Waals surface area contributed by atoms with Gasteiger partial charge in [-0.2, -0.15) is 4.98 Å². The van der Waals surface area contributed by atoms with E-state index < -0.39 is 0 Å². The van der Waals surface area contributed by atoms with Crippen LogP contribution in [-0.2, 0) is 0 Å². The minimum absolute atomic E-state index is 0.00644. The SMILES string of the molecule is CC[C@H]1C[C@@H](n2cnc(N)nc2=O)C[C@@H]1O. The summed E-state index contributed by atoms with van der Waals surface area (Å²) in [6.07, 6.45) is 3.39. The molecule has 1 heterocycles. The van der Waals surface area contributed by atoms with Gasteiger partial charge in [0.25, 0.3) is 0 Å². The molecule has 16 heavy (non-hydrogen) atoms. The fourth-order valence-electron chi connectivity index (χ4n) is 2.35. The van der Waals surface area contributed by atoms with Crippen molar-refractivity contribution in [1.82, 2.24) is 14.5 Å². The van der Waals surface area contributed by atoms with Crippen molar-refractivity contribution in [2.45, 2.75) is 38.3 Å². The van der Waals surface area contributed by atoms with Gasteiger partial charge in [-0.1, -0.05) is 13.3 Å². The molecule has 88 valence electrons. The molecule has 6 nitrogen and oxygen atoms in total. The molecule has 0 saturated heterocycles. The second-order valence-corrected chi connectivity index (χ2v) is 4.27. The molecule has 1 fully saturated rings. The van der Waals surface area contributed by atoms with Crippen LogP contribution in [0, 0.1) is 5.92 Å². The summed E-state index contributed by atoms with van der Waals surface area (Å²) in [7, 11) is 0. The summed E-state index contributed by atoms with van der Waals surface area (Å²) in [6, 6.07) is -0.00644. The molecule has 3 N–H and O–H groups in total. The lowest BCUT2D eigenvalue weighted by Gasteiger charge is -2.11. The van der Waals surface area contributed by atoms with E-state index in [0.717, 1.165) is 12.8 Å². The first-order chi connectivity index (χ1) is 7.61. The molecule has 0 aromatic carbocycles. The number of rotatable bonds is 2. The lowest BCUT2D eigenvalue weighted by Crippen LogP contribution is -2.27. The number of hydrogen-bond donors (Lipinski definition) is 2. The summed E-state index contributed by atoms with van der Waals surface area (Å²) in [6.45, 7) is 2.04. The van der Waals surface area contributed by atoms with Crippen molar-refractivity contribution in [2.24, 2.45) is 5.92 Å². The fraction of sp³-hybridized carbons (Fsp3) is 0.700. The minimum Gasteiger partial charge on any atom is -0.393 e. The Morgan fingerprint density at radius 2 is 2.38 bits per heavy atom. The summed E-state index contributed by atoms with van der Waals surface area (Å²) in [5.41, 5.74) is 4.93. The normalized spacial score (nSPS) is 29.5. The van der Waals surface area contributed by atoms with Crippen LogP contribution in [0.5, 0.6) is 0 Å². The molecule has 3 atom stereocenters. The zero-order valence-electron chi connectivity index (χ0n) is 9.21. The van der Waals surface area contributed by atoms with Crippen LogP contribution in [0.15, 0.2) is 11.1 Å². The van der Waals surface area contributed by atoms with Crippen LogP contribution in [0.25, 0.3) is 0 Å². The standard InChI is InChI=1S/C10H16N4O2/c1-2-6-3-7(4-8(6)15)14-5-12-9(11)13-10(14)16/h5-8,15H,2-4H2,1H3,(H2,11,13,16)/t6-,7+,8-/m0/s1.